The highest BCUT2D eigenvalue weighted by atomic mass is 32.2. The molecule has 0 saturated heterocycles. The molecule has 84 valence electrons. The first-order valence-electron chi connectivity index (χ1n) is 4.67. The molecule has 5 heteroatoms. The Morgan fingerprint density at radius 1 is 1.53 bits per heavy atom. The maximum absolute atomic E-state index is 11.1. The zero-order valence-corrected chi connectivity index (χ0v) is 9.69. The highest BCUT2D eigenvalue weighted by Crippen LogP contribution is 2.23. The van der Waals surface area contributed by atoms with Gasteiger partial charge >= 0.3 is 5.30 Å². The summed E-state index contributed by atoms with van der Waals surface area (Å²) in [6.45, 7) is 7.34. The normalized spacial score (nSPS) is 14.9. The van der Waals surface area contributed by atoms with E-state index in [9.17, 15) is 4.79 Å². The van der Waals surface area contributed by atoms with Crippen LogP contribution in [0, 0.1) is 0 Å². The Morgan fingerprint density at radius 3 is 2.80 bits per heavy atom. The molecule has 0 bridgehead atoms. The van der Waals surface area contributed by atoms with Crippen molar-refractivity contribution in [1.82, 2.24) is 0 Å². The van der Waals surface area contributed by atoms with Gasteiger partial charge in [-0.2, -0.15) is 0 Å². The van der Waals surface area contributed by atoms with Crippen molar-refractivity contribution < 1.29 is 19.0 Å². The van der Waals surface area contributed by atoms with Crippen molar-refractivity contribution in [3.63, 3.8) is 0 Å². The SMILES string of the molecule is C=C1OC(C)=C(COC(=O)SCCC)O1. The van der Waals surface area contributed by atoms with Gasteiger partial charge in [0.1, 0.15) is 5.76 Å². The highest BCUT2D eigenvalue weighted by Gasteiger charge is 2.19. The van der Waals surface area contributed by atoms with E-state index in [0.29, 0.717) is 11.5 Å². The van der Waals surface area contributed by atoms with Crippen LogP contribution in [0.4, 0.5) is 4.79 Å². The Kier molecular flexibility index (Phi) is 4.55. The number of allylic oxidation sites excluding steroid dienone is 1. The van der Waals surface area contributed by atoms with E-state index in [1.165, 1.54) is 0 Å². The molecule has 0 spiro atoms. The smallest absolute Gasteiger partial charge is 0.367 e. The molecule has 0 aliphatic carbocycles. The van der Waals surface area contributed by atoms with Gasteiger partial charge in [0.05, 0.1) is 0 Å². The van der Waals surface area contributed by atoms with Gasteiger partial charge in [0.2, 0.25) is 0 Å². The molecule has 1 aliphatic heterocycles. The Labute approximate surface area is 93.3 Å². The predicted octanol–water partition coefficient (Wildman–Crippen LogP) is 3.02. The van der Waals surface area contributed by atoms with E-state index < -0.39 is 0 Å². The summed E-state index contributed by atoms with van der Waals surface area (Å²) in [5, 5.41) is -0.293. The Hall–Kier alpha value is -1.10. The van der Waals surface area contributed by atoms with Crippen LogP contribution in [-0.4, -0.2) is 17.7 Å². The van der Waals surface area contributed by atoms with Gasteiger partial charge < -0.3 is 14.2 Å². The van der Waals surface area contributed by atoms with E-state index in [1.807, 2.05) is 6.92 Å². The molecule has 1 rings (SSSR count). The van der Waals surface area contributed by atoms with E-state index in [-0.39, 0.29) is 17.9 Å². The zero-order chi connectivity index (χ0) is 11.3. The van der Waals surface area contributed by atoms with Gasteiger partial charge in [-0.05, 0) is 31.7 Å². The van der Waals surface area contributed by atoms with Gasteiger partial charge in [-0.1, -0.05) is 6.92 Å². The molecule has 0 atom stereocenters. The van der Waals surface area contributed by atoms with Gasteiger partial charge in [0.15, 0.2) is 12.4 Å². The van der Waals surface area contributed by atoms with Crippen molar-refractivity contribution in [1.29, 1.82) is 0 Å². The molecule has 0 aromatic heterocycles. The lowest BCUT2D eigenvalue weighted by atomic mass is 10.4. The molecule has 4 nitrogen and oxygen atoms in total. The lowest BCUT2D eigenvalue weighted by molar-refractivity contribution is 0.143. The van der Waals surface area contributed by atoms with Crippen molar-refractivity contribution in [2.24, 2.45) is 0 Å². The van der Waals surface area contributed by atoms with Crippen LogP contribution in [0.1, 0.15) is 20.3 Å². The van der Waals surface area contributed by atoms with Crippen molar-refractivity contribution >= 4 is 17.1 Å². The minimum absolute atomic E-state index is 0.0976. The summed E-state index contributed by atoms with van der Waals surface area (Å²) in [5.74, 6) is 2.08. The predicted molar refractivity (Wildman–Crippen MR) is 58.1 cm³/mol. The topological polar surface area (TPSA) is 44.8 Å². The Bertz CT molecular complexity index is 296. The average Bonchev–Trinajstić information content (AvgIpc) is 2.51. The summed E-state index contributed by atoms with van der Waals surface area (Å²) in [7, 11) is 0. The van der Waals surface area contributed by atoms with Gasteiger partial charge in [-0.15, -0.1) is 0 Å². The quantitative estimate of drug-likeness (QED) is 0.694. The minimum atomic E-state index is -0.293. The second-order valence-corrected chi connectivity index (χ2v) is 3.97. The Morgan fingerprint density at radius 2 is 2.27 bits per heavy atom. The third kappa shape index (κ3) is 3.87. The lowest BCUT2D eigenvalue weighted by Crippen LogP contribution is -2.03. The summed E-state index contributed by atoms with van der Waals surface area (Å²) < 4.78 is 15.1. The van der Waals surface area contributed by atoms with Crippen molar-refractivity contribution in [2.75, 3.05) is 12.4 Å². The largest absolute Gasteiger partial charge is 0.449 e. The highest BCUT2D eigenvalue weighted by molar-refractivity contribution is 8.13. The number of carbonyl (C=O) groups excluding carboxylic acids is 1. The molecular formula is C10H14O4S. The molecule has 1 heterocycles. The number of rotatable bonds is 4. The molecular weight excluding hydrogens is 216 g/mol. The van der Waals surface area contributed by atoms with E-state index in [1.54, 1.807) is 6.92 Å². The molecule has 15 heavy (non-hydrogen) atoms. The summed E-state index contributed by atoms with van der Waals surface area (Å²) in [4.78, 5) is 11.1. The van der Waals surface area contributed by atoms with Crippen LogP contribution in [-0.2, 0) is 14.2 Å². The number of ether oxygens (including phenoxy) is 3. The molecule has 0 radical (unpaired) electrons. The minimum Gasteiger partial charge on any atom is -0.449 e. The summed E-state index contributed by atoms with van der Waals surface area (Å²) >= 11 is 1.16. The monoisotopic (exact) mass is 230 g/mol. The van der Waals surface area contributed by atoms with Gasteiger partial charge in [-0.3, -0.25) is 0 Å². The molecule has 0 amide bonds. The fourth-order valence-corrected chi connectivity index (χ4v) is 1.45. The second-order valence-electron chi connectivity index (χ2n) is 2.94. The number of hydrogen-bond donors (Lipinski definition) is 0. The lowest BCUT2D eigenvalue weighted by Gasteiger charge is -2.03. The fraction of sp³-hybridized carbons (Fsp3) is 0.500. The summed E-state index contributed by atoms with van der Waals surface area (Å²) in [6, 6.07) is 0. The van der Waals surface area contributed by atoms with E-state index in [0.717, 1.165) is 23.9 Å². The first-order valence-corrected chi connectivity index (χ1v) is 5.66. The maximum atomic E-state index is 11.1. The molecule has 0 unspecified atom stereocenters. The third-order valence-electron chi connectivity index (χ3n) is 1.64. The second kappa shape index (κ2) is 5.70. The van der Waals surface area contributed by atoms with Crippen LogP contribution in [0.15, 0.2) is 24.0 Å². The first kappa shape index (κ1) is 12.0. The first-order chi connectivity index (χ1) is 7.13. The van der Waals surface area contributed by atoms with Crippen LogP contribution in [0.25, 0.3) is 0 Å². The van der Waals surface area contributed by atoms with Crippen LogP contribution < -0.4 is 0 Å². The fourth-order valence-electron chi connectivity index (χ4n) is 0.940. The van der Waals surface area contributed by atoms with Crippen LogP contribution in [0.2, 0.25) is 0 Å². The molecule has 0 aromatic carbocycles. The van der Waals surface area contributed by atoms with E-state index in [2.05, 4.69) is 6.58 Å². The summed E-state index contributed by atoms with van der Waals surface area (Å²) in [5.41, 5.74) is 0. The average molecular weight is 230 g/mol. The van der Waals surface area contributed by atoms with Gasteiger partial charge in [-0.25, -0.2) is 4.79 Å². The Balaban J connectivity index is 2.28. The third-order valence-corrected chi connectivity index (χ3v) is 2.61. The van der Waals surface area contributed by atoms with Crippen LogP contribution in [0.5, 0.6) is 0 Å². The van der Waals surface area contributed by atoms with Crippen LogP contribution >= 0.6 is 11.8 Å². The molecule has 0 aromatic rings. The molecule has 1 aliphatic rings. The van der Waals surface area contributed by atoms with Crippen molar-refractivity contribution in [2.45, 2.75) is 20.3 Å². The van der Waals surface area contributed by atoms with Crippen molar-refractivity contribution in [3.05, 3.63) is 24.0 Å². The van der Waals surface area contributed by atoms with E-state index in [4.69, 9.17) is 14.2 Å². The van der Waals surface area contributed by atoms with Gasteiger partial charge in [0.25, 0.3) is 5.95 Å². The number of carbonyl (C=O) groups is 1. The van der Waals surface area contributed by atoms with Crippen molar-refractivity contribution in [3.8, 4) is 0 Å². The number of hydrogen-bond acceptors (Lipinski definition) is 5. The number of thioether (sulfide) groups is 1. The summed E-state index contributed by atoms with van der Waals surface area (Å²) in [6.07, 6.45) is 0.942. The van der Waals surface area contributed by atoms with Gasteiger partial charge in [0, 0.05) is 5.75 Å². The van der Waals surface area contributed by atoms with Crippen LogP contribution in [0.3, 0.4) is 0 Å². The molecule has 0 saturated carbocycles. The standard InChI is InChI=1S/C10H14O4S/c1-4-5-15-10(11)12-6-9-7(2)13-8(3)14-9/h3-6H2,1-2H3. The molecule has 0 fully saturated rings. The van der Waals surface area contributed by atoms with E-state index >= 15 is 0 Å². The zero-order valence-electron chi connectivity index (χ0n) is 8.87. The molecule has 0 N–H and O–H groups in total. The maximum Gasteiger partial charge on any atom is 0.367 e.